The van der Waals surface area contributed by atoms with Crippen LogP contribution in [0.1, 0.15) is 34.8 Å². The summed E-state index contributed by atoms with van der Waals surface area (Å²) in [5.74, 6) is 1.10. The highest BCUT2D eigenvalue weighted by molar-refractivity contribution is 7.07. The molecule has 8 heteroatoms. The number of nitrogens with zero attached hydrogens (tertiary/aromatic N) is 4. The van der Waals surface area contributed by atoms with Gasteiger partial charge in [0.05, 0.1) is 17.2 Å². The molecule has 0 bridgehead atoms. The van der Waals surface area contributed by atoms with Crippen LogP contribution in [0.2, 0.25) is 0 Å². The summed E-state index contributed by atoms with van der Waals surface area (Å²) in [5.41, 5.74) is 3.89. The number of carbonyl (C=O) groups is 1. The van der Waals surface area contributed by atoms with Gasteiger partial charge >= 0.3 is 0 Å². The van der Waals surface area contributed by atoms with Crippen molar-refractivity contribution in [3.63, 3.8) is 0 Å². The molecule has 4 aromatic rings. The summed E-state index contributed by atoms with van der Waals surface area (Å²) in [7, 11) is 0. The average molecular weight is 379 g/mol. The van der Waals surface area contributed by atoms with Crippen LogP contribution < -0.4 is 10.1 Å². The van der Waals surface area contributed by atoms with Crippen molar-refractivity contribution in [1.29, 1.82) is 0 Å². The molecule has 4 rings (SSSR count). The molecule has 136 valence electrons. The second kappa shape index (κ2) is 7.55. The molecule has 1 atom stereocenters. The molecule has 3 heterocycles. The summed E-state index contributed by atoms with van der Waals surface area (Å²) in [6, 6.07) is 12.5. The quantitative estimate of drug-likeness (QED) is 0.556. The second-order valence-electron chi connectivity index (χ2n) is 5.98. The first-order valence-corrected chi connectivity index (χ1v) is 9.35. The Morgan fingerprint density at radius 1 is 1.26 bits per heavy atom. The Bertz CT molecular complexity index is 1060. The lowest BCUT2D eigenvalue weighted by Gasteiger charge is -2.13. The Labute approximate surface area is 159 Å². The molecule has 3 aromatic heterocycles. The monoisotopic (exact) mass is 379 g/mol. The third-order valence-electron chi connectivity index (χ3n) is 4.04. The minimum absolute atomic E-state index is 0.200. The number of carbonyl (C=O) groups excluding carboxylic acids is 1. The second-order valence-corrected chi connectivity index (χ2v) is 6.70. The van der Waals surface area contributed by atoms with Crippen molar-refractivity contribution >= 4 is 22.9 Å². The summed E-state index contributed by atoms with van der Waals surface area (Å²) < 4.78 is 7.57. The number of pyridine rings is 1. The average Bonchev–Trinajstić information content (AvgIpc) is 3.36. The molecule has 1 amide bonds. The van der Waals surface area contributed by atoms with Gasteiger partial charge in [-0.2, -0.15) is 0 Å². The van der Waals surface area contributed by atoms with Gasteiger partial charge in [-0.3, -0.25) is 9.20 Å². The number of hydrogen-bond donors (Lipinski definition) is 1. The van der Waals surface area contributed by atoms with Gasteiger partial charge < -0.3 is 10.1 Å². The van der Waals surface area contributed by atoms with Crippen molar-refractivity contribution in [2.45, 2.75) is 19.6 Å². The van der Waals surface area contributed by atoms with Gasteiger partial charge in [0.1, 0.15) is 12.4 Å². The van der Waals surface area contributed by atoms with Crippen LogP contribution in [0.5, 0.6) is 5.75 Å². The van der Waals surface area contributed by atoms with Gasteiger partial charge in [-0.25, -0.2) is 4.98 Å². The molecule has 1 N–H and O–H groups in total. The van der Waals surface area contributed by atoms with Crippen molar-refractivity contribution in [3.8, 4) is 5.75 Å². The summed E-state index contributed by atoms with van der Waals surface area (Å²) in [4.78, 5) is 16.8. The van der Waals surface area contributed by atoms with Crippen LogP contribution in [0, 0.1) is 0 Å². The van der Waals surface area contributed by atoms with Crippen LogP contribution >= 0.6 is 11.3 Å². The molecule has 0 aliphatic heterocycles. The number of thiazole rings is 1. The molecule has 0 saturated heterocycles. The molecule has 0 saturated carbocycles. The number of benzene rings is 1. The molecule has 0 aliphatic carbocycles. The molecular weight excluding hydrogens is 362 g/mol. The van der Waals surface area contributed by atoms with E-state index in [1.807, 2.05) is 47.2 Å². The van der Waals surface area contributed by atoms with E-state index in [-0.39, 0.29) is 11.9 Å². The van der Waals surface area contributed by atoms with Gasteiger partial charge in [-0.05, 0) is 37.3 Å². The maximum absolute atomic E-state index is 12.6. The maximum Gasteiger partial charge on any atom is 0.251 e. The third-order valence-corrected chi connectivity index (χ3v) is 4.68. The van der Waals surface area contributed by atoms with E-state index in [4.69, 9.17) is 4.74 Å². The van der Waals surface area contributed by atoms with Crippen LogP contribution in [-0.2, 0) is 6.61 Å². The Kier molecular flexibility index (Phi) is 4.80. The summed E-state index contributed by atoms with van der Waals surface area (Å²) in [6.07, 6.45) is 1.88. The predicted octanol–water partition coefficient (Wildman–Crippen LogP) is 3.26. The van der Waals surface area contributed by atoms with Crippen LogP contribution in [-0.4, -0.2) is 25.5 Å². The molecule has 0 spiro atoms. The summed E-state index contributed by atoms with van der Waals surface area (Å²) in [6.45, 7) is 2.25. The topological polar surface area (TPSA) is 81.4 Å². The number of fused-ring (bicyclic) bond motifs is 1. The highest BCUT2D eigenvalue weighted by Crippen LogP contribution is 2.17. The number of hydrogen-bond acceptors (Lipinski definition) is 6. The smallest absolute Gasteiger partial charge is 0.251 e. The third kappa shape index (κ3) is 3.80. The van der Waals surface area contributed by atoms with E-state index in [2.05, 4.69) is 20.5 Å². The Balaban J connectivity index is 1.45. The molecule has 1 unspecified atom stereocenters. The van der Waals surface area contributed by atoms with Crippen LogP contribution in [0.15, 0.2) is 59.6 Å². The van der Waals surface area contributed by atoms with E-state index in [1.165, 1.54) is 11.3 Å². The van der Waals surface area contributed by atoms with Crippen molar-refractivity contribution in [2.75, 3.05) is 0 Å². The van der Waals surface area contributed by atoms with Crippen molar-refractivity contribution in [3.05, 3.63) is 76.6 Å². The molecule has 0 fully saturated rings. The molecule has 0 radical (unpaired) electrons. The highest BCUT2D eigenvalue weighted by atomic mass is 32.1. The Morgan fingerprint density at radius 3 is 3.04 bits per heavy atom. The van der Waals surface area contributed by atoms with Crippen LogP contribution in [0.3, 0.4) is 0 Å². The van der Waals surface area contributed by atoms with Gasteiger partial charge in [0.15, 0.2) is 11.5 Å². The molecular formula is C19H17N5O2S. The standard InChI is InChI=1S/C19H17N5O2S/c1-13(18-23-22-17-7-2-3-8-24(17)18)21-19(25)14-5-4-6-16(9-14)26-10-15-11-27-12-20-15/h2-9,11-13H,10H2,1H3,(H,21,25). The van der Waals surface area contributed by atoms with E-state index in [1.54, 1.807) is 23.7 Å². The van der Waals surface area contributed by atoms with E-state index < -0.39 is 0 Å². The van der Waals surface area contributed by atoms with Crippen molar-refractivity contribution in [1.82, 2.24) is 24.9 Å². The fourth-order valence-electron chi connectivity index (χ4n) is 2.69. The highest BCUT2D eigenvalue weighted by Gasteiger charge is 2.17. The lowest BCUT2D eigenvalue weighted by Crippen LogP contribution is -2.28. The number of nitrogens with one attached hydrogen (secondary N) is 1. The zero-order valence-corrected chi connectivity index (χ0v) is 15.4. The van der Waals surface area contributed by atoms with E-state index in [0.717, 1.165) is 11.3 Å². The summed E-state index contributed by atoms with van der Waals surface area (Å²) >= 11 is 1.52. The lowest BCUT2D eigenvalue weighted by molar-refractivity contribution is 0.0937. The van der Waals surface area contributed by atoms with Gasteiger partial charge in [-0.15, -0.1) is 21.5 Å². The van der Waals surface area contributed by atoms with Gasteiger partial charge in [0.2, 0.25) is 0 Å². The SMILES string of the molecule is CC(NC(=O)c1cccc(OCc2cscn2)c1)c1nnc2ccccn12. The van der Waals surface area contributed by atoms with Crippen molar-refractivity contribution in [2.24, 2.45) is 0 Å². The fraction of sp³-hybridized carbons (Fsp3) is 0.158. The molecule has 0 aliphatic rings. The van der Waals surface area contributed by atoms with Gasteiger partial charge in [0.25, 0.3) is 5.91 Å². The minimum atomic E-state index is -0.297. The predicted molar refractivity (Wildman–Crippen MR) is 102 cm³/mol. The molecule has 7 nitrogen and oxygen atoms in total. The number of aromatic nitrogens is 4. The first kappa shape index (κ1) is 17.2. The fourth-order valence-corrected chi connectivity index (χ4v) is 3.24. The van der Waals surface area contributed by atoms with Crippen molar-refractivity contribution < 1.29 is 9.53 Å². The minimum Gasteiger partial charge on any atom is -0.487 e. The normalized spacial score (nSPS) is 12.0. The number of rotatable bonds is 6. The first-order valence-electron chi connectivity index (χ1n) is 8.41. The zero-order chi connectivity index (χ0) is 18.6. The Morgan fingerprint density at radius 2 is 2.19 bits per heavy atom. The van der Waals surface area contributed by atoms with Gasteiger partial charge in [0, 0.05) is 17.1 Å². The zero-order valence-electron chi connectivity index (χ0n) is 14.6. The number of amides is 1. The van der Waals surface area contributed by atoms with Crippen LogP contribution in [0.4, 0.5) is 0 Å². The largest absolute Gasteiger partial charge is 0.487 e. The first-order chi connectivity index (χ1) is 13.2. The molecule has 1 aromatic carbocycles. The lowest BCUT2D eigenvalue weighted by atomic mass is 10.2. The van der Waals surface area contributed by atoms with E-state index in [0.29, 0.717) is 23.7 Å². The van der Waals surface area contributed by atoms with Gasteiger partial charge in [-0.1, -0.05) is 12.1 Å². The van der Waals surface area contributed by atoms with Crippen LogP contribution in [0.25, 0.3) is 5.65 Å². The Hall–Kier alpha value is -3.26. The molecule has 27 heavy (non-hydrogen) atoms. The van der Waals surface area contributed by atoms with E-state index in [9.17, 15) is 4.79 Å². The maximum atomic E-state index is 12.6. The van der Waals surface area contributed by atoms with E-state index >= 15 is 0 Å². The summed E-state index contributed by atoms with van der Waals surface area (Å²) in [5, 5.41) is 13.2. The number of ether oxygens (including phenoxy) is 1.